The van der Waals surface area contributed by atoms with Crippen molar-refractivity contribution in [1.29, 1.82) is 0 Å². The number of aromatic nitrogens is 5. The lowest BCUT2D eigenvalue weighted by Crippen LogP contribution is -2.46. The van der Waals surface area contributed by atoms with Crippen LogP contribution in [0.2, 0.25) is 0 Å². The molecule has 0 N–H and O–H groups in total. The summed E-state index contributed by atoms with van der Waals surface area (Å²) in [6, 6.07) is 8.33. The van der Waals surface area contributed by atoms with Crippen molar-refractivity contribution < 1.29 is 4.42 Å². The Kier molecular flexibility index (Phi) is 5.21. The number of aryl methyl sites for hydroxylation is 1. The van der Waals surface area contributed by atoms with E-state index in [-0.39, 0.29) is 0 Å². The first-order valence-corrected chi connectivity index (χ1v) is 10.4. The fourth-order valence-corrected chi connectivity index (χ4v) is 4.04. The average Bonchev–Trinajstić information content (AvgIpc) is 3.45. The maximum atomic E-state index is 5.40. The van der Waals surface area contributed by atoms with Gasteiger partial charge in [-0.3, -0.25) is 14.6 Å². The van der Waals surface area contributed by atoms with Crippen molar-refractivity contribution in [2.24, 2.45) is 7.05 Å². The molecule has 8 heteroatoms. The summed E-state index contributed by atoms with van der Waals surface area (Å²) in [6.45, 7) is 6.87. The van der Waals surface area contributed by atoms with Gasteiger partial charge in [0.05, 0.1) is 18.1 Å². The highest BCUT2D eigenvalue weighted by Gasteiger charge is 2.22. The lowest BCUT2D eigenvalue weighted by atomic mass is 10.0. The quantitative estimate of drug-likeness (QED) is 0.495. The Morgan fingerprint density at radius 3 is 2.39 bits per heavy atom. The van der Waals surface area contributed by atoms with E-state index in [2.05, 4.69) is 55.9 Å². The standard InChI is InChI=1S/C23H25N7O/c1-17-20(15-29-9-11-30(12-10-29)22-14-24-7-8-26-22)23(27-28(17)2)19-5-3-18(4-6-19)21-13-25-16-31-21/h3-8,13-14,16H,9-12,15H2,1-2H3. The van der Waals surface area contributed by atoms with Gasteiger partial charge in [0, 0.05) is 74.5 Å². The maximum absolute atomic E-state index is 5.40. The van der Waals surface area contributed by atoms with E-state index in [4.69, 9.17) is 9.52 Å². The Hall–Kier alpha value is -3.52. The van der Waals surface area contributed by atoms with E-state index in [0.717, 1.165) is 61.1 Å². The van der Waals surface area contributed by atoms with Crippen molar-refractivity contribution >= 4 is 5.82 Å². The zero-order valence-electron chi connectivity index (χ0n) is 17.8. The van der Waals surface area contributed by atoms with E-state index in [1.807, 2.05) is 17.9 Å². The smallest absolute Gasteiger partial charge is 0.181 e. The van der Waals surface area contributed by atoms with E-state index in [1.165, 1.54) is 17.7 Å². The van der Waals surface area contributed by atoms with E-state index in [0.29, 0.717) is 0 Å². The van der Waals surface area contributed by atoms with Crippen LogP contribution in [-0.2, 0) is 13.6 Å². The minimum Gasteiger partial charge on any atom is -0.444 e. The molecular formula is C23H25N7O. The highest BCUT2D eigenvalue weighted by molar-refractivity contribution is 5.68. The van der Waals surface area contributed by atoms with Gasteiger partial charge in [0.15, 0.2) is 12.2 Å². The SMILES string of the molecule is Cc1c(CN2CCN(c3cnccn3)CC2)c(-c2ccc(-c3cnco3)cc2)nn1C. The second-order valence-corrected chi connectivity index (χ2v) is 7.81. The molecule has 158 valence electrons. The van der Waals surface area contributed by atoms with Gasteiger partial charge in [-0.15, -0.1) is 0 Å². The maximum Gasteiger partial charge on any atom is 0.181 e. The van der Waals surface area contributed by atoms with E-state index < -0.39 is 0 Å². The minimum atomic E-state index is 0.768. The van der Waals surface area contributed by atoms with E-state index >= 15 is 0 Å². The molecule has 1 aliphatic heterocycles. The normalized spacial score (nSPS) is 14.8. The Morgan fingerprint density at radius 2 is 1.71 bits per heavy atom. The molecule has 0 amide bonds. The third-order valence-corrected chi connectivity index (χ3v) is 5.96. The van der Waals surface area contributed by atoms with Gasteiger partial charge in [0.25, 0.3) is 0 Å². The molecular weight excluding hydrogens is 390 g/mol. The van der Waals surface area contributed by atoms with Crippen LogP contribution in [0.25, 0.3) is 22.6 Å². The Balaban J connectivity index is 1.33. The van der Waals surface area contributed by atoms with Crippen LogP contribution in [0.4, 0.5) is 5.82 Å². The minimum absolute atomic E-state index is 0.768. The van der Waals surface area contributed by atoms with E-state index in [9.17, 15) is 0 Å². The second-order valence-electron chi connectivity index (χ2n) is 7.81. The highest BCUT2D eigenvalue weighted by Crippen LogP contribution is 2.29. The summed E-state index contributed by atoms with van der Waals surface area (Å²) >= 11 is 0. The van der Waals surface area contributed by atoms with Crippen LogP contribution in [0.3, 0.4) is 0 Å². The topological polar surface area (TPSA) is 76.1 Å². The van der Waals surface area contributed by atoms with Gasteiger partial charge >= 0.3 is 0 Å². The van der Waals surface area contributed by atoms with Crippen molar-refractivity contribution in [1.82, 2.24) is 29.6 Å². The lowest BCUT2D eigenvalue weighted by Gasteiger charge is -2.35. The third kappa shape index (κ3) is 3.94. The van der Waals surface area contributed by atoms with Gasteiger partial charge in [0.1, 0.15) is 5.82 Å². The van der Waals surface area contributed by atoms with Crippen LogP contribution in [0, 0.1) is 6.92 Å². The zero-order chi connectivity index (χ0) is 21.2. The van der Waals surface area contributed by atoms with Gasteiger partial charge in [-0.2, -0.15) is 5.10 Å². The Bertz CT molecular complexity index is 1130. The van der Waals surface area contributed by atoms with Gasteiger partial charge in [0.2, 0.25) is 0 Å². The molecule has 5 rings (SSSR count). The molecule has 4 aromatic rings. The van der Waals surface area contributed by atoms with Crippen molar-refractivity contribution in [3.05, 3.63) is 66.7 Å². The first-order valence-electron chi connectivity index (χ1n) is 10.4. The number of anilines is 1. The van der Waals surface area contributed by atoms with Crippen LogP contribution in [-0.4, -0.2) is 55.8 Å². The number of oxazole rings is 1. The molecule has 0 aliphatic carbocycles. The molecule has 0 bridgehead atoms. The summed E-state index contributed by atoms with van der Waals surface area (Å²) in [5.41, 5.74) is 5.64. The third-order valence-electron chi connectivity index (χ3n) is 5.96. The Labute approximate surface area is 181 Å². The second kappa shape index (κ2) is 8.31. The lowest BCUT2D eigenvalue weighted by molar-refractivity contribution is 0.249. The van der Waals surface area contributed by atoms with Crippen molar-refractivity contribution in [3.63, 3.8) is 0 Å². The van der Waals surface area contributed by atoms with Crippen LogP contribution in [0.15, 0.2) is 59.9 Å². The number of nitrogens with zero attached hydrogens (tertiary/aromatic N) is 7. The molecule has 1 aromatic carbocycles. The number of piperazine rings is 1. The first kappa shape index (κ1) is 19.4. The fourth-order valence-electron chi connectivity index (χ4n) is 4.04. The average molecular weight is 416 g/mol. The highest BCUT2D eigenvalue weighted by atomic mass is 16.3. The van der Waals surface area contributed by atoms with Gasteiger partial charge in [-0.1, -0.05) is 24.3 Å². The molecule has 0 unspecified atom stereocenters. The molecule has 1 saturated heterocycles. The van der Waals surface area contributed by atoms with Crippen LogP contribution in [0.5, 0.6) is 0 Å². The van der Waals surface area contributed by atoms with Crippen LogP contribution < -0.4 is 4.90 Å². The molecule has 0 radical (unpaired) electrons. The number of rotatable bonds is 5. The van der Waals surface area contributed by atoms with Crippen molar-refractivity contribution in [2.45, 2.75) is 13.5 Å². The Morgan fingerprint density at radius 1 is 0.935 bits per heavy atom. The predicted molar refractivity (Wildman–Crippen MR) is 118 cm³/mol. The molecule has 0 spiro atoms. The van der Waals surface area contributed by atoms with Crippen molar-refractivity contribution in [3.8, 4) is 22.6 Å². The molecule has 8 nitrogen and oxygen atoms in total. The summed E-state index contributed by atoms with van der Waals surface area (Å²) in [7, 11) is 2.01. The zero-order valence-corrected chi connectivity index (χ0v) is 17.8. The molecule has 1 aliphatic rings. The number of hydrogen-bond acceptors (Lipinski definition) is 7. The summed E-state index contributed by atoms with van der Waals surface area (Å²) in [5, 5.41) is 4.83. The molecule has 4 heterocycles. The monoisotopic (exact) mass is 415 g/mol. The predicted octanol–water partition coefficient (Wildman–Crippen LogP) is 3.16. The van der Waals surface area contributed by atoms with Gasteiger partial charge < -0.3 is 9.32 Å². The number of benzene rings is 1. The summed E-state index contributed by atoms with van der Waals surface area (Å²) in [6.07, 6.45) is 8.48. The molecule has 1 fully saturated rings. The molecule has 3 aromatic heterocycles. The first-order chi connectivity index (χ1) is 15.2. The summed E-state index contributed by atoms with van der Waals surface area (Å²) in [4.78, 5) is 17.4. The van der Waals surface area contributed by atoms with Crippen LogP contribution >= 0.6 is 0 Å². The molecule has 0 saturated carbocycles. The van der Waals surface area contributed by atoms with Gasteiger partial charge in [-0.05, 0) is 6.92 Å². The molecule has 31 heavy (non-hydrogen) atoms. The largest absolute Gasteiger partial charge is 0.444 e. The molecule has 0 atom stereocenters. The fraction of sp³-hybridized carbons (Fsp3) is 0.304. The van der Waals surface area contributed by atoms with Crippen LogP contribution in [0.1, 0.15) is 11.3 Å². The van der Waals surface area contributed by atoms with E-state index in [1.54, 1.807) is 18.6 Å². The van der Waals surface area contributed by atoms with Gasteiger partial charge in [-0.25, -0.2) is 9.97 Å². The van der Waals surface area contributed by atoms with Crippen molar-refractivity contribution in [2.75, 3.05) is 31.1 Å². The summed E-state index contributed by atoms with van der Waals surface area (Å²) in [5.74, 6) is 1.72. The summed E-state index contributed by atoms with van der Waals surface area (Å²) < 4.78 is 7.38. The number of hydrogen-bond donors (Lipinski definition) is 0.